The van der Waals surface area contributed by atoms with Crippen molar-refractivity contribution in [2.45, 2.75) is 33.3 Å². The van der Waals surface area contributed by atoms with Crippen molar-refractivity contribution in [2.75, 3.05) is 23.4 Å². The second-order valence-corrected chi connectivity index (χ2v) is 12.6. The summed E-state index contributed by atoms with van der Waals surface area (Å²) in [6.07, 6.45) is 4.70. The third-order valence-corrected chi connectivity index (χ3v) is 6.41. The number of nitrogens with one attached hydrogen (secondary N) is 3. The summed E-state index contributed by atoms with van der Waals surface area (Å²) in [4.78, 5) is 20.1. The number of carbonyl (C=O) groups is 1. The first-order chi connectivity index (χ1) is 19.6. The highest BCUT2D eigenvalue weighted by Gasteiger charge is 2.22. The van der Waals surface area contributed by atoms with Gasteiger partial charge in [0.05, 0.1) is 41.6 Å². The molecule has 1 aromatic carbocycles. The molecule has 3 aromatic heterocycles. The van der Waals surface area contributed by atoms with Gasteiger partial charge in [0.2, 0.25) is 16.0 Å². The van der Waals surface area contributed by atoms with Crippen LogP contribution >= 0.6 is 11.6 Å². The zero-order valence-corrected chi connectivity index (χ0v) is 24.1. The van der Waals surface area contributed by atoms with Crippen LogP contribution in [0.15, 0.2) is 42.9 Å². The predicted octanol–water partition coefficient (Wildman–Crippen LogP) is 3.62. The molecule has 4 rings (SSSR count). The van der Waals surface area contributed by atoms with Crippen LogP contribution in [-0.2, 0) is 21.4 Å². The zero-order valence-electron chi connectivity index (χ0n) is 23.5. The summed E-state index contributed by atoms with van der Waals surface area (Å²) in [5.41, 5.74) is 1.61. The number of amides is 1. The highest BCUT2D eigenvalue weighted by atomic mass is 35.5. The van der Waals surface area contributed by atoms with Crippen LogP contribution in [0.1, 0.15) is 45.0 Å². The Balaban J connectivity index is 1.80. The molecule has 1 amide bonds. The van der Waals surface area contributed by atoms with E-state index in [1.165, 1.54) is 18.5 Å². The lowest BCUT2D eigenvalue weighted by atomic mass is 9.96. The molecule has 41 heavy (non-hydrogen) atoms. The van der Waals surface area contributed by atoms with Gasteiger partial charge < -0.3 is 10.6 Å². The molecule has 0 aliphatic rings. The number of rotatable bonds is 9. The Hall–Kier alpha value is -4.35. The molecule has 15 heteroatoms. The number of anilines is 2. The minimum atomic E-state index is -3.79. The molecular weight excluding hydrogens is 573 g/mol. The van der Waals surface area contributed by atoms with Crippen molar-refractivity contribution in [3.8, 4) is 6.07 Å². The maximum absolute atomic E-state index is 13.7. The van der Waals surface area contributed by atoms with Crippen LogP contribution in [0, 0.1) is 22.7 Å². The third-order valence-electron chi connectivity index (χ3n) is 5.53. The maximum Gasteiger partial charge on any atom is 0.255 e. The minimum Gasteiger partial charge on any atom is -0.383 e. The standard InChI is InChI=1S/C26H27ClFN9O3S/c1-26(2,3)14-32-23-16(9-29)11-31-25-18(23)7-17(8-19(25)27)33-24(15-5-6-21(28)30-10-15)20-12-37(36-34-20)13-22(38)35-41(4,39)40/h5-8,10-12,24,33H,13-14H2,1-4H3,(H,31,32)(H,35,38)/t24-/m0/s1/i24D. The van der Waals surface area contributed by atoms with Crippen LogP contribution in [0.25, 0.3) is 10.9 Å². The molecule has 0 spiro atoms. The highest BCUT2D eigenvalue weighted by Crippen LogP contribution is 2.35. The van der Waals surface area contributed by atoms with E-state index in [1.54, 1.807) is 12.1 Å². The molecule has 0 aliphatic heterocycles. The molecule has 0 saturated heterocycles. The van der Waals surface area contributed by atoms with E-state index in [0.717, 1.165) is 23.2 Å². The van der Waals surface area contributed by atoms with Crippen molar-refractivity contribution < 1.29 is 19.0 Å². The number of hydrogen-bond donors (Lipinski definition) is 3. The van der Waals surface area contributed by atoms with E-state index in [0.29, 0.717) is 34.4 Å². The number of carbonyl (C=O) groups excluding carboxylic acids is 1. The number of halogens is 2. The summed E-state index contributed by atoms with van der Waals surface area (Å²) < 4.78 is 48.8. The van der Waals surface area contributed by atoms with Gasteiger partial charge in [0, 0.05) is 30.0 Å². The van der Waals surface area contributed by atoms with Crippen LogP contribution in [0.3, 0.4) is 0 Å². The van der Waals surface area contributed by atoms with Crippen molar-refractivity contribution in [2.24, 2.45) is 5.41 Å². The monoisotopic (exact) mass is 600 g/mol. The number of benzene rings is 1. The number of aromatic nitrogens is 5. The van der Waals surface area contributed by atoms with Gasteiger partial charge in [0.25, 0.3) is 5.91 Å². The van der Waals surface area contributed by atoms with Crippen molar-refractivity contribution >= 4 is 49.8 Å². The topological polar surface area (TPSA) is 168 Å². The van der Waals surface area contributed by atoms with E-state index in [4.69, 9.17) is 11.6 Å². The number of pyridine rings is 2. The molecule has 3 heterocycles. The maximum atomic E-state index is 13.7. The Morgan fingerprint density at radius 2 is 2.02 bits per heavy atom. The summed E-state index contributed by atoms with van der Waals surface area (Å²) >= 11 is 6.61. The minimum absolute atomic E-state index is 0.0192. The Labute approximate surface area is 242 Å². The number of fused-ring (bicyclic) bond motifs is 1. The van der Waals surface area contributed by atoms with E-state index >= 15 is 0 Å². The molecule has 1 atom stereocenters. The molecule has 0 saturated carbocycles. The van der Waals surface area contributed by atoms with E-state index < -0.39 is 34.4 Å². The largest absolute Gasteiger partial charge is 0.383 e. The van der Waals surface area contributed by atoms with Gasteiger partial charge in [-0.2, -0.15) is 9.65 Å². The number of nitriles is 1. The van der Waals surface area contributed by atoms with Gasteiger partial charge in [0.1, 0.15) is 18.3 Å². The van der Waals surface area contributed by atoms with E-state index in [9.17, 15) is 24.2 Å². The van der Waals surface area contributed by atoms with Crippen molar-refractivity contribution in [1.29, 1.82) is 5.26 Å². The molecule has 0 fully saturated rings. The molecule has 4 aromatic rings. The van der Waals surface area contributed by atoms with Crippen LogP contribution < -0.4 is 15.4 Å². The lowest BCUT2D eigenvalue weighted by Crippen LogP contribution is -2.32. The lowest BCUT2D eigenvalue weighted by Gasteiger charge is -2.22. The zero-order chi connectivity index (χ0) is 30.9. The fourth-order valence-corrected chi connectivity index (χ4v) is 4.54. The molecule has 0 radical (unpaired) electrons. The van der Waals surface area contributed by atoms with Crippen molar-refractivity contribution in [3.63, 3.8) is 0 Å². The third kappa shape index (κ3) is 7.65. The summed E-state index contributed by atoms with van der Waals surface area (Å²) in [6, 6.07) is 5.83. The first-order valence-corrected chi connectivity index (χ1v) is 14.4. The smallest absolute Gasteiger partial charge is 0.255 e. The molecule has 0 bridgehead atoms. The number of nitrogens with zero attached hydrogens (tertiary/aromatic N) is 6. The Kier molecular flexibility index (Phi) is 8.00. The lowest BCUT2D eigenvalue weighted by molar-refractivity contribution is -0.120. The van der Waals surface area contributed by atoms with Gasteiger partial charge in [0.15, 0.2) is 0 Å². The van der Waals surface area contributed by atoms with Gasteiger partial charge in [-0.25, -0.2) is 18.1 Å². The number of sulfonamides is 1. The molecule has 0 unspecified atom stereocenters. The number of hydrogen-bond acceptors (Lipinski definition) is 10. The average Bonchev–Trinajstić information content (AvgIpc) is 3.34. The summed E-state index contributed by atoms with van der Waals surface area (Å²) in [5, 5.41) is 24.8. The van der Waals surface area contributed by atoms with Crippen LogP contribution in [0.5, 0.6) is 0 Å². The molecule has 214 valence electrons. The van der Waals surface area contributed by atoms with Crippen LogP contribution in [0.2, 0.25) is 5.02 Å². The van der Waals surface area contributed by atoms with E-state index in [2.05, 4.69) is 37.0 Å². The summed E-state index contributed by atoms with van der Waals surface area (Å²) in [6.45, 7) is 6.16. The Morgan fingerprint density at radius 1 is 1.27 bits per heavy atom. The van der Waals surface area contributed by atoms with E-state index in [1.807, 2.05) is 25.5 Å². The fourth-order valence-electron chi connectivity index (χ4n) is 3.79. The van der Waals surface area contributed by atoms with Gasteiger partial charge in [-0.15, -0.1) is 5.10 Å². The normalized spacial score (nSPS) is 13.6. The second-order valence-electron chi connectivity index (χ2n) is 10.4. The van der Waals surface area contributed by atoms with Gasteiger partial charge >= 0.3 is 0 Å². The SMILES string of the molecule is [2H][C@](Nc1cc(Cl)c2ncc(C#N)c(NCC(C)(C)C)c2c1)(c1ccc(F)nc1)c1cn(CC(=O)NS(C)(=O)=O)nn1. The van der Waals surface area contributed by atoms with Gasteiger partial charge in [-0.1, -0.05) is 43.7 Å². The second kappa shape index (κ2) is 11.6. The highest BCUT2D eigenvalue weighted by molar-refractivity contribution is 7.89. The van der Waals surface area contributed by atoms with Crippen molar-refractivity contribution in [3.05, 3.63) is 70.6 Å². The predicted molar refractivity (Wildman–Crippen MR) is 152 cm³/mol. The van der Waals surface area contributed by atoms with Crippen molar-refractivity contribution in [1.82, 2.24) is 29.7 Å². The summed E-state index contributed by atoms with van der Waals surface area (Å²) in [7, 11) is -3.79. The molecular formula is C26H27ClFN9O3S. The average molecular weight is 601 g/mol. The summed E-state index contributed by atoms with van der Waals surface area (Å²) in [5.74, 6) is -1.63. The van der Waals surface area contributed by atoms with Crippen LogP contribution in [-0.4, -0.2) is 52.1 Å². The van der Waals surface area contributed by atoms with Gasteiger partial charge in [-0.3, -0.25) is 14.5 Å². The molecule has 3 N–H and O–H groups in total. The first kappa shape index (κ1) is 28.2. The van der Waals surface area contributed by atoms with Crippen LogP contribution in [0.4, 0.5) is 15.8 Å². The Morgan fingerprint density at radius 3 is 2.66 bits per heavy atom. The fraction of sp³-hybridized carbons (Fsp3) is 0.308. The first-order valence-electron chi connectivity index (χ1n) is 12.7. The van der Waals surface area contributed by atoms with E-state index in [-0.39, 0.29) is 21.7 Å². The Bertz CT molecular complexity index is 1800. The quantitative estimate of drug-likeness (QED) is 0.241. The van der Waals surface area contributed by atoms with Gasteiger partial charge in [-0.05, 0) is 29.2 Å². The molecule has 12 nitrogen and oxygen atoms in total. The molecule has 0 aliphatic carbocycles.